The molecule has 0 atom stereocenters. The average Bonchev–Trinajstić information content (AvgIpc) is 2.37. The Morgan fingerprint density at radius 2 is 2.00 bits per heavy atom. The SMILES string of the molecule is CCCC#CCOC(=O)CCc1ccccc1. The highest BCUT2D eigenvalue weighted by molar-refractivity contribution is 5.69. The molecule has 1 aromatic rings. The molecule has 2 heteroatoms. The van der Waals surface area contributed by atoms with Crippen molar-refractivity contribution in [3.8, 4) is 11.8 Å². The minimum Gasteiger partial charge on any atom is -0.452 e. The summed E-state index contributed by atoms with van der Waals surface area (Å²) in [6, 6.07) is 9.92. The predicted octanol–water partition coefficient (Wildman–Crippen LogP) is 2.97. The molecule has 17 heavy (non-hydrogen) atoms. The second-order valence-corrected chi connectivity index (χ2v) is 3.75. The van der Waals surface area contributed by atoms with Crippen LogP contribution in [0.15, 0.2) is 30.3 Å². The maximum atomic E-state index is 11.4. The third-order valence-corrected chi connectivity index (χ3v) is 2.27. The van der Waals surface area contributed by atoms with Gasteiger partial charge in [0.1, 0.15) is 0 Å². The number of ether oxygens (including phenoxy) is 1. The van der Waals surface area contributed by atoms with Gasteiger partial charge in [0.15, 0.2) is 6.61 Å². The molecule has 2 nitrogen and oxygen atoms in total. The van der Waals surface area contributed by atoms with Crippen molar-refractivity contribution < 1.29 is 9.53 Å². The molecule has 0 aliphatic rings. The maximum Gasteiger partial charge on any atom is 0.307 e. The third kappa shape index (κ3) is 6.42. The highest BCUT2D eigenvalue weighted by atomic mass is 16.5. The van der Waals surface area contributed by atoms with Crippen LogP contribution in [-0.2, 0) is 16.0 Å². The quantitative estimate of drug-likeness (QED) is 0.574. The third-order valence-electron chi connectivity index (χ3n) is 2.27. The summed E-state index contributed by atoms with van der Waals surface area (Å²) in [5.41, 5.74) is 1.15. The maximum absolute atomic E-state index is 11.4. The topological polar surface area (TPSA) is 26.3 Å². The van der Waals surface area contributed by atoms with Crippen LogP contribution in [0.1, 0.15) is 31.7 Å². The Bertz CT molecular complexity index is 384. The average molecular weight is 230 g/mol. The standard InChI is InChI=1S/C15H18O2/c1-2-3-4-8-13-17-15(16)12-11-14-9-6-5-7-10-14/h5-7,9-10H,2-3,11-13H2,1H3. The lowest BCUT2D eigenvalue weighted by Crippen LogP contribution is -2.05. The van der Waals surface area contributed by atoms with Gasteiger partial charge in [0.25, 0.3) is 0 Å². The van der Waals surface area contributed by atoms with E-state index in [9.17, 15) is 4.79 Å². The fraction of sp³-hybridized carbons (Fsp3) is 0.400. The van der Waals surface area contributed by atoms with Crippen molar-refractivity contribution in [1.82, 2.24) is 0 Å². The van der Waals surface area contributed by atoms with Gasteiger partial charge >= 0.3 is 5.97 Å². The van der Waals surface area contributed by atoms with Crippen LogP contribution in [-0.4, -0.2) is 12.6 Å². The number of carbonyl (C=O) groups is 1. The number of hydrogen-bond donors (Lipinski definition) is 0. The van der Waals surface area contributed by atoms with E-state index < -0.39 is 0 Å². The molecule has 0 amide bonds. The van der Waals surface area contributed by atoms with Gasteiger partial charge in [0.05, 0.1) is 0 Å². The van der Waals surface area contributed by atoms with Crippen LogP contribution in [0.3, 0.4) is 0 Å². The van der Waals surface area contributed by atoms with E-state index in [4.69, 9.17) is 4.74 Å². The van der Waals surface area contributed by atoms with E-state index in [1.54, 1.807) is 0 Å². The monoisotopic (exact) mass is 230 g/mol. The molecule has 1 rings (SSSR count). The van der Waals surface area contributed by atoms with Crippen LogP contribution in [0.5, 0.6) is 0 Å². The van der Waals surface area contributed by atoms with Crippen LogP contribution >= 0.6 is 0 Å². The Kier molecular flexibility index (Phi) is 6.59. The molecule has 0 spiro atoms. The van der Waals surface area contributed by atoms with E-state index in [1.165, 1.54) is 0 Å². The van der Waals surface area contributed by atoms with Gasteiger partial charge in [-0.15, -0.1) is 0 Å². The number of benzene rings is 1. The summed E-state index contributed by atoms with van der Waals surface area (Å²) in [4.78, 5) is 11.4. The lowest BCUT2D eigenvalue weighted by molar-refractivity contribution is -0.142. The molecule has 0 fully saturated rings. The minimum atomic E-state index is -0.181. The van der Waals surface area contributed by atoms with Crippen molar-refractivity contribution in [2.75, 3.05) is 6.61 Å². The van der Waals surface area contributed by atoms with E-state index in [0.29, 0.717) is 6.42 Å². The van der Waals surface area contributed by atoms with E-state index in [0.717, 1.165) is 24.8 Å². The molecule has 0 radical (unpaired) electrons. The Morgan fingerprint density at radius 3 is 2.71 bits per heavy atom. The first-order valence-electron chi connectivity index (χ1n) is 5.98. The van der Waals surface area contributed by atoms with Crippen LogP contribution in [0, 0.1) is 11.8 Å². The summed E-state index contributed by atoms with van der Waals surface area (Å²) in [6.07, 6.45) is 3.04. The van der Waals surface area contributed by atoms with Gasteiger partial charge in [-0.05, 0) is 18.4 Å². The normalized spacial score (nSPS) is 9.24. The number of carbonyl (C=O) groups excluding carboxylic acids is 1. The zero-order valence-electron chi connectivity index (χ0n) is 10.2. The van der Waals surface area contributed by atoms with Crippen molar-refractivity contribution in [2.45, 2.75) is 32.6 Å². The molecule has 0 heterocycles. The van der Waals surface area contributed by atoms with Gasteiger partial charge in [-0.3, -0.25) is 4.79 Å². The highest BCUT2D eigenvalue weighted by Gasteiger charge is 2.01. The van der Waals surface area contributed by atoms with Gasteiger partial charge in [-0.1, -0.05) is 49.1 Å². The second kappa shape index (κ2) is 8.41. The zero-order valence-corrected chi connectivity index (χ0v) is 10.2. The largest absolute Gasteiger partial charge is 0.452 e. The smallest absolute Gasteiger partial charge is 0.307 e. The summed E-state index contributed by atoms with van der Waals surface area (Å²) in [5.74, 6) is 5.58. The van der Waals surface area contributed by atoms with Gasteiger partial charge in [0.2, 0.25) is 0 Å². The molecule has 0 N–H and O–H groups in total. The first-order valence-corrected chi connectivity index (χ1v) is 5.98. The molecule has 0 aliphatic carbocycles. The van der Waals surface area contributed by atoms with Crippen molar-refractivity contribution in [2.24, 2.45) is 0 Å². The summed E-state index contributed by atoms with van der Waals surface area (Å²) in [5, 5.41) is 0. The lowest BCUT2D eigenvalue weighted by atomic mass is 10.1. The molecular formula is C15H18O2. The van der Waals surface area contributed by atoms with Crippen LogP contribution in [0.25, 0.3) is 0 Å². The van der Waals surface area contributed by atoms with Crippen LogP contribution in [0.4, 0.5) is 0 Å². The molecule has 0 saturated carbocycles. The van der Waals surface area contributed by atoms with E-state index in [-0.39, 0.29) is 12.6 Å². The summed E-state index contributed by atoms with van der Waals surface area (Å²) in [7, 11) is 0. The van der Waals surface area contributed by atoms with Gasteiger partial charge in [0, 0.05) is 12.8 Å². The van der Waals surface area contributed by atoms with Crippen molar-refractivity contribution >= 4 is 5.97 Å². The number of rotatable bonds is 5. The molecule has 0 aliphatic heterocycles. The fourth-order valence-corrected chi connectivity index (χ4v) is 1.34. The first-order chi connectivity index (χ1) is 8.33. The van der Waals surface area contributed by atoms with Gasteiger partial charge < -0.3 is 4.74 Å². The second-order valence-electron chi connectivity index (χ2n) is 3.75. The molecular weight excluding hydrogens is 212 g/mol. The van der Waals surface area contributed by atoms with E-state index in [2.05, 4.69) is 18.8 Å². The molecule has 0 unspecified atom stereocenters. The van der Waals surface area contributed by atoms with Crippen molar-refractivity contribution in [3.63, 3.8) is 0 Å². The van der Waals surface area contributed by atoms with Crippen LogP contribution < -0.4 is 0 Å². The van der Waals surface area contributed by atoms with Crippen molar-refractivity contribution in [3.05, 3.63) is 35.9 Å². The van der Waals surface area contributed by atoms with Gasteiger partial charge in [-0.2, -0.15) is 0 Å². The Labute approximate surface area is 103 Å². The Hall–Kier alpha value is -1.75. The Balaban J connectivity index is 2.16. The number of esters is 1. The summed E-state index contributed by atoms with van der Waals surface area (Å²) >= 11 is 0. The molecule has 0 saturated heterocycles. The van der Waals surface area contributed by atoms with E-state index >= 15 is 0 Å². The number of aryl methyl sites for hydroxylation is 1. The highest BCUT2D eigenvalue weighted by Crippen LogP contribution is 2.02. The predicted molar refractivity (Wildman–Crippen MR) is 68.4 cm³/mol. The van der Waals surface area contributed by atoms with Gasteiger partial charge in [-0.25, -0.2) is 0 Å². The first kappa shape index (κ1) is 13.3. The number of hydrogen-bond acceptors (Lipinski definition) is 2. The van der Waals surface area contributed by atoms with Crippen molar-refractivity contribution in [1.29, 1.82) is 0 Å². The zero-order chi connectivity index (χ0) is 12.3. The molecule has 90 valence electrons. The molecule has 1 aromatic carbocycles. The molecule has 0 aromatic heterocycles. The minimum absolute atomic E-state index is 0.181. The molecule has 0 bridgehead atoms. The Morgan fingerprint density at radius 1 is 1.24 bits per heavy atom. The van der Waals surface area contributed by atoms with E-state index in [1.807, 2.05) is 30.3 Å². The fourth-order valence-electron chi connectivity index (χ4n) is 1.34. The lowest BCUT2D eigenvalue weighted by Gasteiger charge is -2.01. The number of unbranched alkanes of at least 4 members (excludes halogenated alkanes) is 1. The summed E-state index contributed by atoms with van der Waals surface area (Å²) < 4.78 is 5.00. The summed E-state index contributed by atoms with van der Waals surface area (Å²) in [6.45, 7) is 2.29. The van der Waals surface area contributed by atoms with Crippen LogP contribution in [0.2, 0.25) is 0 Å².